The zero-order valence-corrected chi connectivity index (χ0v) is 13.6. The second-order valence-corrected chi connectivity index (χ2v) is 7.05. The van der Waals surface area contributed by atoms with Gasteiger partial charge in [0, 0.05) is 26.2 Å². The average molecular weight is 312 g/mol. The maximum Gasteiger partial charge on any atom is 0.281 e. The molecule has 0 spiro atoms. The molecule has 1 aliphatic rings. The van der Waals surface area contributed by atoms with Gasteiger partial charge in [-0.15, -0.1) is 0 Å². The summed E-state index contributed by atoms with van der Waals surface area (Å²) >= 11 is 0. The molecule has 1 aromatic rings. The van der Waals surface area contributed by atoms with Gasteiger partial charge in [0.1, 0.15) is 11.9 Å². The fourth-order valence-corrected chi connectivity index (χ4v) is 4.24. The summed E-state index contributed by atoms with van der Waals surface area (Å²) < 4.78 is 33.8. The molecule has 1 saturated heterocycles. The van der Waals surface area contributed by atoms with E-state index in [2.05, 4.69) is 0 Å². The molecule has 1 aliphatic heterocycles. The van der Waals surface area contributed by atoms with Gasteiger partial charge < -0.3 is 4.74 Å². The topological polar surface area (TPSA) is 49.9 Å². The van der Waals surface area contributed by atoms with Gasteiger partial charge in [-0.2, -0.15) is 17.0 Å². The number of para-hydroxylation sites is 1. The molecule has 1 fully saturated rings. The summed E-state index contributed by atoms with van der Waals surface area (Å²) in [4.78, 5) is 0. The van der Waals surface area contributed by atoms with E-state index in [1.165, 1.54) is 4.31 Å². The maximum absolute atomic E-state index is 12.4. The highest BCUT2D eigenvalue weighted by molar-refractivity contribution is 7.86. The van der Waals surface area contributed by atoms with Crippen molar-refractivity contribution in [3.63, 3.8) is 0 Å². The van der Waals surface area contributed by atoms with Gasteiger partial charge in [-0.3, -0.25) is 0 Å². The van der Waals surface area contributed by atoms with E-state index in [-0.39, 0.29) is 6.10 Å². The highest BCUT2D eigenvalue weighted by Crippen LogP contribution is 2.21. The van der Waals surface area contributed by atoms with Crippen LogP contribution in [0.1, 0.15) is 26.7 Å². The third-order valence-corrected chi connectivity index (χ3v) is 5.99. The fraction of sp³-hybridized carbons (Fsp3) is 0.600. The van der Waals surface area contributed by atoms with Gasteiger partial charge in [0.05, 0.1) is 0 Å². The van der Waals surface area contributed by atoms with Crippen LogP contribution in [-0.2, 0) is 10.2 Å². The molecule has 0 bridgehead atoms. The third-order valence-electron chi connectivity index (χ3n) is 3.80. The van der Waals surface area contributed by atoms with Gasteiger partial charge in [-0.1, -0.05) is 32.0 Å². The molecule has 21 heavy (non-hydrogen) atoms. The highest BCUT2D eigenvalue weighted by atomic mass is 32.2. The molecule has 0 radical (unpaired) electrons. The lowest BCUT2D eigenvalue weighted by Gasteiger charge is -2.34. The molecule has 1 aromatic carbocycles. The quantitative estimate of drug-likeness (QED) is 0.808. The summed E-state index contributed by atoms with van der Waals surface area (Å²) in [6.07, 6.45) is 1.56. The minimum Gasteiger partial charge on any atom is -0.490 e. The van der Waals surface area contributed by atoms with E-state index in [4.69, 9.17) is 4.74 Å². The molecule has 0 aliphatic carbocycles. The van der Waals surface area contributed by atoms with Crippen LogP contribution in [0.2, 0.25) is 0 Å². The first-order valence-electron chi connectivity index (χ1n) is 7.54. The smallest absolute Gasteiger partial charge is 0.281 e. The molecular formula is C15H24N2O3S. The minimum absolute atomic E-state index is 0.0931. The average Bonchev–Trinajstić information content (AvgIpc) is 2.50. The van der Waals surface area contributed by atoms with Crippen LogP contribution < -0.4 is 4.74 Å². The van der Waals surface area contributed by atoms with E-state index in [0.717, 1.165) is 18.6 Å². The number of nitrogens with zero attached hydrogens (tertiary/aromatic N) is 2. The van der Waals surface area contributed by atoms with E-state index >= 15 is 0 Å². The van der Waals surface area contributed by atoms with E-state index in [9.17, 15) is 8.42 Å². The Balaban J connectivity index is 1.91. The van der Waals surface area contributed by atoms with Crippen LogP contribution >= 0.6 is 0 Å². The lowest BCUT2D eigenvalue weighted by Crippen LogP contribution is -2.48. The first-order chi connectivity index (χ1) is 10.1. The van der Waals surface area contributed by atoms with Gasteiger partial charge in [-0.05, 0) is 25.0 Å². The number of benzene rings is 1. The van der Waals surface area contributed by atoms with Crippen LogP contribution in [-0.4, -0.2) is 49.3 Å². The maximum atomic E-state index is 12.4. The van der Waals surface area contributed by atoms with Crippen molar-refractivity contribution in [3.05, 3.63) is 30.3 Å². The molecule has 2 rings (SSSR count). The Morgan fingerprint density at radius 1 is 1.14 bits per heavy atom. The van der Waals surface area contributed by atoms with Gasteiger partial charge in [0.25, 0.3) is 10.2 Å². The summed E-state index contributed by atoms with van der Waals surface area (Å²) in [5.41, 5.74) is 0. The Bertz CT molecular complexity index is 521. The Hall–Kier alpha value is -1.11. The molecule has 6 heteroatoms. The molecule has 0 amide bonds. The van der Waals surface area contributed by atoms with Crippen molar-refractivity contribution in [1.82, 2.24) is 8.61 Å². The van der Waals surface area contributed by atoms with Crippen LogP contribution in [0.5, 0.6) is 5.75 Å². The molecule has 0 atom stereocenters. The molecule has 5 nitrogen and oxygen atoms in total. The zero-order valence-electron chi connectivity index (χ0n) is 12.7. The van der Waals surface area contributed by atoms with Crippen molar-refractivity contribution < 1.29 is 13.2 Å². The van der Waals surface area contributed by atoms with E-state index in [0.29, 0.717) is 26.2 Å². The van der Waals surface area contributed by atoms with E-state index in [1.807, 2.05) is 44.2 Å². The fourth-order valence-electron chi connectivity index (χ4n) is 2.59. The van der Waals surface area contributed by atoms with Crippen molar-refractivity contribution in [1.29, 1.82) is 0 Å². The SMILES string of the molecule is CCN(CC)S(=O)(=O)N1CCC(Oc2ccccc2)CC1. The molecule has 0 unspecified atom stereocenters. The number of piperidine rings is 1. The summed E-state index contributed by atoms with van der Waals surface area (Å²) in [5.74, 6) is 0.850. The largest absolute Gasteiger partial charge is 0.490 e. The second kappa shape index (κ2) is 7.24. The van der Waals surface area contributed by atoms with Crippen molar-refractivity contribution in [2.24, 2.45) is 0 Å². The molecule has 0 N–H and O–H groups in total. The van der Waals surface area contributed by atoms with Crippen LogP contribution in [0.4, 0.5) is 0 Å². The summed E-state index contributed by atoms with van der Waals surface area (Å²) in [6.45, 7) is 5.81. The van der Waals surface area contributed by atoms with Crippen molar-refractivity contribution in [3.8, 4) is 5.75 Å². The van der Waals surface area contributed by atoms with Crippen LogP contribution in [0, 0.1) is 0 Å². The summed E-state index contributed by atoms with van der Waals surface area (Å²) in [7, 11) is -3.31. The van der Waals surface area contributed by atoms with Gasteiger partial charge in [0.2, 0.25) is 0 Å². The number of hydrogen-bond donors (Lipinski definition) is 0. The Labute approximate surface area is 127 Å². The normalized spacial score (nSPS) is 18.0. The van der Waals surface area contributed by atoms with Crippen LogP contribution in [0.25, 0.3) is 0 Å². The van der Waals surface area contributed by atoms with Gasteiger partial charge in [0.15, 0.2) is 0 Å². The first kappa shape index (κ1) is 16.3. The summed E-state index contributed by atoms with van der Waals surface area (Å²) in [6, 6.07) is 9.69. The predicted molar refractivity (Wildman–Crippen MR) is 83.5 cm³/mol. The highest BCUT2D eigenvalue weighted by Gasteiger charge is 2.32. The number of ether oxygens (including phenoxy) is 1. The van der Waals surface area contributed by atoms with Gasteiger partial charge >= 0.3 is 0 Å². The first-order valence-corrected chi connectivity index (χ1v) is 8.94. The van der Waals surface area contributed by atoms with E-state index in [1.54, 1.807) is 4.31 Å². The Kier molecular flexibility index (Phi) is 5.61. The molecule has 1 heterocycles. The lowest BCUT2D eigenvalue weighted by molar-refractivity contribution is 0.132. The zero-order chi connectivity index (χ0) is 15.3. The number of hydrogen-bond acceptors (Lipinski definition) is 3. The molecule has 0 saturated carbocycles. The minimum atomic E-state index is -3.31. The van der Waals surface area contributed by atoms with Crippen molar-refractivity contribution >= 4 is 10.2 Å². The van der Waals surface area contributed by atoms with E-state index < -0.39 is 10.2 Å². The Morgan fingerprint density at radius 3 is 2.24 bits per heavy atom. The molecule has 0 aromatic heterocycles. The predicted octanol–water partition coefficient (Wildman–Crippen LogP) is 2.12. The lowest BCUT2D eigenvalue weighted by atomic mass is 10.1. The van der Waals surface area contributed by atoms with Crippen molar-refractivity contribution in [2.75, 3.05) is 26.2 Å². The molecular weight excluding hydrogens is 288 g/mol. The standard InChI is InChI=1S/C15H24N2O3S/c1-3-16(4-2)21(18,19)17-12-10-15(11-13-17)20-14-8-6-5-7-9-14/h5-9,15H,3-4,10-13H2,1-2H3. The summed E-state index contributed by atoms with van der Waals surface area (Å²) in [5, 5.41) is 0. The molecule has 118 valence electrons. The monoisotopic (exact) mass is 312 g/mol. The van der Waals surface area contributed by atoms with Crippen molar-refractivity contribution in [2.45, 2.75) is 32.8 Å². The number of rotatable bonds is 6. The third kappa shape index (κ3) is 3.96. The Morgan fingerprint density at radius 2 is 1.71 bits per heavy atom. The second-order valence-electron chi connectivity index (χ2n) is 5.12. The van der Waals surface area contributed by atoms with Crippen LogP contribution in [0.3, 0.4) is 0 Å². The van der Waals surface area contributed by atoms with Gasteiger partial charge in [-0.25, -0.2) is 0 Å². The van der Waals surface area contributed by atoms with Crippen LogP contribution in [0.15, 0.2) is 30.3 Å².